The molecule has 1 fully saturated rings. The van der Waals surface area contributed by atoms with Crippen molar-refractivity contribution in [3.05, 3.63) is 21.9 Å². The van der Waals surface area contributed by atoms with Crippen molar-refractivity contribution in [3.63, 3.8) is 0 Å². The lowest BCUT2D eigenvalue weighted by Gasteiger charge is -2.32. The number of rotatable bonds is 5. The number of carboxylic acids is 1. The monoisotopic (exact) mass is 309 g/mol. The number of hydrogen-bond acceptors (Lipinski definition) is 3. The van der Waals surface area contributed by atoms with Gasteiger partial charge in [-0.05, 0) is 48.1 Å². The van der Waals surface area contributed by atoms with Crippen molar-refractivity contribution in [3.8, 4) is 0 Å². The molecule has 4 nitrogen and oxygen atoms in total. The Labute approximate surface area is 129 Å². The Morgan fingerprint density at radius 1 is 1.48 bits per heavy atom. The van der Waals surface area contributed by atoms with E-state index in [1.54, 1.807) is 0 Å². The maximum absolute atomic E-state index is 12.7. The second-order valence-corrected chi connectivity index (χ2v) is 6.97. The van der Waals surface area contributed by atoms with Crippen LogP contribution >= 0.6 is 11.3 Å². The van der Waals surface area contributed by atoms with Gasteiger partial charge in [-0.1, -0.05) is 13.8 Å². The van der Waals surface area contributed by atoms with Gasteiger partial charge in [0, 0.05) is 19.5 Å². The molecule has 1 amide bonds. The minimum atomic E-state index is -0.751. The molecule has 1 N–H and O–H groups in total. The lowest BCUT2D eigenvalue weighted by atomic mass is 9.93. The molecule has 1 saturated heterocycles. The van der Waals surface area contributed by atoms with Gasteiger partial charge in [-0.15, -0.1) is 11.3 Å². The molecule has 1 atom stereocenters. The van der Waals surface area contributed by atoms with E-state index in [9.17, 15) is 9.59 Å². The highest BCUT2D eigenvalue weighted by Gasteiger charge is 2.27. The van der Waals surface area contributed by atoms with Crippen molar-refractivity contribution in [2.45, 2.75) is 45.4 Å². The van der Waals surface area contributed by atoms with Crippen molar-refractivity contribution in [1.82, 2.24) is 4.90 Å². The van der Waals surface area contributed by atoms with Gasteiger partial charge in [-0.25, -0.2) is 0 Å². The molecular weight excluding hydrogens is 286 g/mol. The second-order valence-electron chi connectivity index (χ2n) is 6.05. The summed E-state index contributed by atoms with van der Waals surface area (Å²) < 4.78 is 0. The Hall–Kier alpha value is -1.36. The number of thiophene rings is 1. The minimum Gasteiger partial charge on any atom is -0.481 e. The smallest absolute Gasteiger partial charge is 0.303 e. The molecule has 1 aromatic heterocycles. The molecule has 5 heteroatoms. The SMILES string of the molecule is CC(C)c1ccsc1C(=O)N1CCC[C@@H](CCC(=O)O)C1. The van der Waals surface area contributed by atoms with Gasteiger partial charge in [0.15, 0.2) is 0 Å². The van der Waals surface area contributed by atoms with Crippen molar-refractivity contribution in [2.75, 3.05) is 13.1 Å². The molecule has 0 aromatic carbocycles. The van der Waals surface area contributed by atoms with Gasteiger partial charge in [0.05, 0.1) is 4.88 Å². The van der Waals surface area contributed by atoms with Crippen LogP contribution in [0.2, 0.25) is 0 Å². The highest BCUT2D eigenvalue weighted by atomic mass is 32.1. The Kier molecular flexibility index (Phi) is 5.39. The normalized spacial score (nSPS) is 19.0. The summed E-state index contributed by atoms with van der Waals surface area (Å²) in [5, 5.41) is 10.8. The lowest BCUT2D eigenvalue weighted by molar-refractivity contribution is -0.137. The summed E-state index contributed by atoms with van der Waals surface area (Å²) in [5.41, 5.74) is 1.12. The van der Waals surface area contributed by atoms with Crippen LogP contribution in [0.5, 0.6) is 0 Å². The summed E-state index contributed by atoms with van der Waals surface area (Å²) in [6.07, 6.45) is 2.86. The third kappa shape index (κ3) is 4.06. The van der Waals surface area contributed by atoms with Crippen molar-refractivity contribution < 1.29 is 14.7 Å². The molecule has 0 bridgehead atoms. The lowest BCUT2D eigenvalue weighted by Crippen LogP contribution is -2.40. The number of aliphatic carboxylic acids is 1. The fraction of sp³-hybridized carbons (Fsp3) is 0.625. The van der Waals surface area contributed by atoms with E-state index in [1.165, 1.54) is 11.3 Å². The molecule has 1 aliphatic heterocycles. The fourth-order valence-corrected chi connectivity index (χ4v) is 3.92. The summed E-state index contributed by atoms with van der Waals surface area (Å²) in [7, 11) is 0. The molecule has 0 unspecified atom stereocenters. The Bertz CT molecular complexity index is 509. The Morgan fingerprint density at radius 2 is 2.24 bits per heavy atom. The quantitative estimate of drug-likeness (QED) is 0.904. The van der Waals surface area contributed by atoms with E-state index in [1.807, 2.05) is 16.3 Å². The van der Waals surface area contributed by atoms with Crippen LogP contribution in [-0.2, 0) is 4.79 Å². The molecule has 1 aliphatic rings. The van der Waals surface area contributed by atoms with Crippen LogP contribution < -0.4 is 0 Å². The molecule has 1 aromatic rings. The first-order valence-corrected chi connectivity index (χ1v) is 8.45. The van der Waals surface area contributed by atoms with Crippen LogP contribution in [0.3, 0.4) is 0 Å². The first-order valence-electron chi connectivity index (χ1n) is 7.57. The van der Waals surface area contributed by atoms with Gasteiger partial charge in [0.25, 0.3) is 5.91 Å². The fourth-order valence-electron chi connectivity index (χ4n) is 2.90. The number of piperidine rings is 1. The van der Waals surface area contributed by atoms with E-state index < -0.39 is 5.97 Å². The van der Waals surface area contributed by atoms with Crippen LogP contribution in [-0.4, -0.2) is 35.0 Å². The first kappa shape index (κ1) is 16.0. The number of carboxylic acid groups (broad SMARTS) is 1. The van der Waals surface area contributed by atoms with Crippen LogP contribution in [0.25, 0.3) is 0 Å². The molecule has 116 valence electrons. The zero-order valence-corrected chi connectivity index (χ0v) is 13.5. The average molecular weight is 309 g/mol. The third-order valence-electron chi connectivity index (χ3n) is 4.08. The topological polar surface area (TPSA) is 57.6 Å². The van der Waals surface area contributed by atoms with E-state index in [-0.39, 0.29) is 12.3 Å². The van der Waals surface area contributed by atoms with Gasteiger partial charge in [-0.2, -0.15) is 0 Å². The largest absolute Gasteiger partial charge is 0.481 e. The minimum absolute atomic E-state index is 0.119. The predicted molar refractivity (Wildman–Crippen MR) is 83.9 cm³/mol. The predicted octanol–water partition coefficient (Wildman–Crippen LogP) is 3.59. The van der Waals surface area contributed by atoms with Gasteiger partial charge < -0.3 is 10.0 Å². The summed E-state index contributed by atoms with van der Waals surface area (Å²) in [5.74, 6) is 0.0385. The van der Waals surface area contributed by atoms with Crippen molar-refractivity contribution in [1.29, 1.82) is 0 Å². The standard InChI is InChI=1S/C16H23NO3S/c1-11(2)13-7-9-21-15(13)16(20)17-8-3-4-12(10-17)5-6-14(18)19/h7,9,11-12H,3-6,8,10H2,1-2H3,(H,18,19)/t12-/m0/s1. The average Bonchev–Trinajstić information content (AvgIpc) is 2.94. The molecule has 0 radical (unpaired) electrons. The van der Waals surface area contributed by atoms with Gasteiger partial charge in [0.1, 0.15) is 0 Å². The highest BCUT2D eigenvalue weighted by Crippen LogP contribution is 2.28. The van der Waals surface area contributed by atoms with E-state index in [2.05, 4.69) is 13.8 Å². The number of carbonyl (C=O) groups is 2. The zero-order valence-electron chi connectivity index (χ0n) is 12.7. The number of amides is 1. The molecular formula is C16H23NO3S. The molecule has 0 aliphatic carbocycles. The number of nitrogens with zero attached hydrogens (tertiary/aromatic N) is 1. The summed E-state index contributed by atoms with van der Waals surface area (Å²) in [6.45, 7) is 5.69. The zero-order chi connectivity index (χ0) is 15.4. The first-order chi connectivity index (χ1) is 9.99. The van der Waals surface area contributed by atoms with Crippen molar-refractivity contribution >= 4 is 23.2 Å². The molecule has 2 heterocycles. The molecule has 0 spiro atoms. The van der Waals surface area contributed by atoms with Gasteiger partial charge in [-0.3, -0.25) is 9.59 Å². The van der Waals surface area contributed by atoms with Crippen LogP contribution in [0.1, 0.15) is 60.7 Å². The number of likely N-dealkylation sites (tertiary alicyclic amines) is 1. The van der Waals surface area contributed by atoms with Crippen LogP contribution in [0, 0.1) is 5.92 Å². The molecule has 2 rings (SSSR count). The number of carbonyl (C=O) groups excluding carboxylic acids is 1. The number of hydrogen-bond donors (Lipinski definition) is 1. The molecule has 21 heavy (non-hydrogen) atoms. The van der Waals surface area contributed by atoms with Gasteiger partial charge >= 0.3 is 5.97 Å². The maximum atomic E-state index is 12.7. The highest BCUT2D eigenvalue weighted by molar-refractivity contribution is 7.12. The van der Waals surface area contributed by atoms with Gasteiger partial charge in [0.2, 0.25) is 0 Å². The second kappa shape index (κ2) is 7.07. The summed E-state index contributed by atoms with van der Waals surface area (Å²) in [4.78, 5) is 26.1. The molecule has 0 saturated carbocycles. The summed E-state index contributed by atoms with van der Waals surface area (Å²) in [6, 6.07) is 2.04. The Balaban J connectivity index is 2.01. The van der Waals surface area contributed by atoms with E-state index in [0.717, 1.165) is 29.8 Å². The Morgan fingerprint density at radius 3 is 2.90 bits per heavy atom. The van der Waals surface area contributed by atoms with E-state index >= 15 is 0 Å². The van der Waals surface area contributed by atoms with Crippen molar-refractivity contribution in [2.24, 2.45) is 5.92 Å². The van der Waals surface area contributed by atoms with E-state index in [4.69, 9.17) is 5.11 Å². The van der Waals surface area contributed by atoms with E-state index in [0.29, 0.717) is 24.8 Å². The third-order valence-corrected chi connectivity index (χ3v) is 5.00. The van der Waals surface area contributed by atoms with Crippen LogP contribution in [0.4, 0.5) is 0 Å². The maximum Gasteiger partial charge on any atom is 0.303 e. The van der Waals surface area contributed by atoms with Crippen LogP contribution in [0.15, 0.2) is 11.4 Å². The summed E-state index contributed by atoms with van der Waals surface area (Å²) >= 11 is 1.51.